The lowest BCUT2D eigenvalue weighted by molar-refractivity contribution is 0.572. The molecule has 3 rings (SSSR count). The lowest BCUT2D eigenvalue weighted by Gasteiger charge is -2.20. The van der Waals surface area contributed by atoms with Crippen LogP contribution in [-0.4, -0.2) is 23.1 Å². The summed E-state index contributed by atoms with van der Waals surface area (Å²) in [6.45, 7) is 5.86. The lowest BCUT2D eigenvalue weighted by atomic mass is 9.99. The first-order valence-electron chi connectivity index (χ1n) is 9.45. The smallest absolute Gasteiger partial charge is 0.224 e. The molecule has 8 heteroatoms. The van der Waals surface area contributed by atoms with Gasteiger partial charge in [-0.25, -0.2) is 16.8 Å². The average Bonchev–Trinajstić information content (AvgIpc) is 3.20. The fourth-order valence-corrected chi connectivity index (χ4v) is 6.21. The Morgan fingerprint density at radius 3 is 2.07 bits per heavy atom. The molecular formula is C22H25NO4S3. The van der Waals surface area contributed by atoms with Crippen molar-refractivity contribution < 1.29 is 16.8 Å². The Morgan fingerprint density at radius 2 is 1.53 bits per heavy atom. The van der Waals surface area contributed by atoms with Gasteiger partial charge >= 0.3 is 0 Å². The maximum atomic E-state index is 13.3. The van der Waals surface area contributed by atoms with Crippen LogP contribution in [0, 0.1) is 6.92 Å². The number of rotatable bonds is 7. The van der Waals surface area contributed by atoms with Gasteiger partial charge in [0.1, 0.15) is 0 Å². The molecule has 0 saturated carbocycles. The highest BCUT2D eigenvalue weighted by molar-refractivity contribution is 7.91. The second kappa shape index (κ2) is 8.63. The van der Waals surface area contributed by atoms with Crippen LogP contribution in [0.5, 0.6) is 0 Å². The Bertz CT molecular complexity index is 1230. The molecule has 0 amide bonds. The zero-order valence-corrected chi connectivity index (χ0v) is 19.7. The van der Waals surface area contributed by atoms with Crippen molar-refractivity contribution in [1.29, 1.82) is 0 Å². The average molecular weight is 464 g/mol. The van der Waals surface area contributed by atoms with Crippen molar-refractivity contribution in [2.45, 2.75) is 42.5 Å². The minimum atomic E-state index is -3.98. The Morgan fingerprint density at radius 1 is 0.900 bits per heavy atom. The van der Waals surface area contributed by atoms with Gasteiger partial charge in [0.05, 0.1) is 15.8 Å². The fraction of sp³-hybridized carbons (Fsp3) is 0.273. The van der Waals surface area contributed by atoms with Crippen LogP contribution < -0.4 is 4.72 Å². The second-order valence-corrected chi connectivity index (χ2v) is 12.3. The van der Waals surface area contributed by atoms with Crippen LogP contribution in [-0.2, 0) is 19.9 Å². The highest BCUT2D eigenvalue weighted by Gasteiger charge is 2.26. The van der Waals surface area contributed by atoms with E-state index in [9.17, 15) is 16.8 Å². The maximum Gasteiger partial charge on any atom is 0.241 e. The van der Waals surface area contributed by atoms with Crippen molar-refractivity contribution >= 4 is 31.2 Å². The van der Waals surface area contributed by atoms with E-state index in [0.29, 0.717) is 11.5 Å². The minimum absolute atomic E-state index is 0.0255. The molecule has 1 N–H and O–H groups in total. The number of thiophene rings is 1. The van der Waals surface area contributed by atoms with Gasteiger partial charge in [0.15, 0.2) is 9.84 Å². The highest BCUT2D eigenvalue weighted by atomic mass is 32.2. The van der Waals surface area contributed by atoms with Gasteiger partial charge in [0.2, 0.25) is 10.0 Å². The number of nitrogens with one attached hydrogen (secondary N) is 1. The van der Waals surface area contributed by atoms with Gasteiger partial charge in [-0.05, 0) is 53.1 Å². The van der Waals surface area contributed by atoms with Crippen molar-refractivity contribution in [2.75, 3.05) is 6.26 Å². The van der Waals surface area contributed by atoms with Gasteiger partial charge in [-0.3, -0.25) is 0 Å². The summed E-state index contributed by atoms with van der Waals surface area (Å²) < 4.78 is 53.2. The highest BCUT2D eigenvalue weighted by Crippen LogP contribution is 2.30. The van der Waals surface area contributed by atoms with Crippen molar-refractivity contribution in [3.63, 3.8) is 0 Å². The SMILES string of the molecule is Cc1ccc(S(C)(=O)=O)cc1S(=O)(=O)NC(c1ccc(C(C)C)cc1)c1cccs1. The van der Waals surface area contributed by atoms with E-state index in [1.54, 1.807) is 6.92 Å². The number of benzene rings is 2. The van der Waals surface area contributed by atoms with E-state index in [-0.39, 0.29) is 9.79 Å². The summed E-state index contributed by atoms with van der Waals surface area (Å²) in [6.07, 6.45) is 1.06. The normalized spacial score (nSPS) is 13.5. The van der Waals surface area contributed by atoms with Crippen LogP contribution in [0.15, 0.2) is 69.8 Å². The van der Waals surface area contributed by atoms with Gasteiger partial charge in [-0.1, -0.05) is 50.2 Å². The molecule has 1 atom stereocenters. The number of sulfone groups is 1. The predicted molar refractivity (Wildman–Crippen MR) is 121 cm³/mol. The molecule has 0 fully saturated rings. The summed E-state index contributed by atoms with van der Waals surface area (Å²) in [5, 5.41) is 1.90. The third kappa shape index (κ3) is 5.00. The van der Waals surface area contributed by atoms with Gasteiger partial charge in [-0.15, -0.1) is 11.3 Å². The van der Waals surface area contributed by atoms with E-state index in [0.717, 1.165) is 16.7 Å². The number of sulfonamides is 1. The van der Waals surface area contributed by atoms with E-state index < -0.39 is 25.9 Å². The summed E-state index contributed by atoms with van der Waals surface area (Å²) >= 11 is 1.46. The second-order valence-electron chi connectivity index (χ2n) is 7.59. The van der Waals surface area contributed by atoms with Crippen molar-refractivity contribution in [2.24, 2.45) is 0 Å². The molecule has 5 nitrogen and oxygen atoms in total. The van der Waals surface area contributed by atoms with Crippen molar-refractivity contribution in [3.8, 4) is 0 Å². The van der Waals surface area contributed by atoms with Crippen molar-refractivity contribution in [1.82, 2.24) is 4.72 Å². The van der Waals surface area contributed by atoms with Crippen LogP contribution in [0.2, 0.25) is 0 Å². The zero-order valence-electron chi connectivity index (χ0n) is 17.3. The predicted octanol–water partition coefficient (Wildman–Crippen LogP) is 4.65. The minimum Gasteiger partial charge on any atom is -0.224 e. The first-order valence-corrected chi connectivity index (χ1v) is 13.7. The largest absolute Gasteiger partial charge is 0.241 e. The number of aryl methyl sites for hydroxylation is 1. The first-order chi connectivity index (χ1) is 14.0. The molecule has 0 aliphatic heterocycles. The maximum absolute atomic E-state index is 13.3. The van der Waals surface area contributed by atoms with E-state index in [2.05, 4.69) is 18.6 Å². The Labute approximate surface area is 182 Å². The van der Waals surface area contributed by atoms with Crippen LogP contribution in [0.25, 0.3) is 0 Å². The van der Waals surface area contributed by atoms with Gasteiger partial charge in [0, 0.05) is 11.1 Å². The van der Waals surface area contributed by atoms with Crippen LogP contribution in [0.1, 0.15) is 47.4 Å². The van der Waals surface area contributed by atoms with Gasteiger partial charge in [-0.2, -0.15) is 4.72 Å². The lowest BCUT2D eigenvalue weighted by Crippen LogP contribution is -2.29. The van der Waals surface area contributed by atoms with E-state index in [4.69, 9.17) is 0 Å². The summed E-state index contributed by atoms with van der Waals surface area (Å²) in [5.41, 5.74) is 2.47. The topological polar surface area (TPSA) is 80.3 Å². The Hall–Kier alpha value is -2.00. The zero-order chi connectivity index (χ0) is 22.1. The van der Waals surface area contributed by atoms with Gasteiger partial charge < -0.3 is 0 Å². The van der Waals surface area contributed by atoms with E-state index in [1.165, 1.54) is 35.1 Å². The summed E-state index contributed by atoms with van der Waals surface area (Å²) in [5.74, 6) is 0.373. The molecule has 2 aromatic carbocycles. The van der Waals surface area contributed by atoms with E-state index >= 15 is 0 Å². The molecule has 0 spiro atoms. The molecule has 1 heterocycles. The van der Waals surface area contributed by atoms with Gasteiger partial charge in [0.25, 0.3) is 0 Å². The first kappa shape index (κ1) is 22.7. The van der Waals surface area contributed by atoms with Crippen LogP contribution in [0.3, 0.4) is 0 Å². The third-order valence-electron chi connectivity index (χ3n) is 4.91. The molecule has 0 aliphatic rings. The molecule has 30 heavy (non-hydrogen) atoms. The summed E-state index contributed by atoms with van der Waals surface area (Å²) in [7, 11) is -7.51. The fourth-order valence-electron chi connectivity index (χ4n) is 3.14. The molecule has 0 bridgehead atoms. The monoisotopic (exact) mass is 463 g/mol. The standard InChI is InChI=1S/C22H25NO4S3/c1-15(2)17-8-10-18(11-9-17)22(20-6-5-13-28-20)23-30(26,27)21-14-19(29(4,24)25)12-7-16(21)3/h5-15,22-23H,1-4H3. The molecular weight excluding hydrogens is 438 g/mol. The van der Waals surface area contributed by atoms with E-state index in [1.807, 2.05) is 41.8 Å². The van der Waals surface area contributed by atoms with Crippen LogP contribution in [0.4, 0.5) is 0 Å². The Balaban J connectivity index is 2.05. The quantitative estimate of drug-likeness (QED) is 0.553. The molecule has 160 valence electrons. The number of hydrogen-bond acceptors (Lipinski definition) is 5. The third-order valence-corrected chi connectivity index (χ3v) is 8.53. The van der Waals surface area contributed by atoms with Crippen molar-refractivity contribution in [3.05, 3.63) is 81.5 Å². The summed E-state index contributed by atoms with van der Waals surface area (Å²) in [6, 6.07) is 15.2. The van der Waals surface area contributed by atoms with Crippen LogP contribution >= 0.6 is 11.3 Å². The molecule has 0 aliphatic carbocycles. The molecule has 0 radical (unpaired) electrons. The molecule has 0 saturated heterocycles. The summed E-state index contributed by atoms with van der Waals surface area (Å²) in [4.78, 5) is 0.793. The molecule has 1 aromatic heterocycles. The Kier molecular flexibility index (Phi) is 6.52. The number of hydrogen-bond donors (Lipinski definition) is 1. The molecule has 1 unspecified atom stereocenters. The molecule has 3 aromatic rings.